The van der Waals surface area contributed by atoms with Crippen LogP contribution in [-0.4, -0.2) is 21.1 Å². The first kappa shape index (κ1) is 17.8. The van der Waals surface area contributed by atoms with Gasteiger partial charge in [-0.15, -0.1) is 10.2 Å². The minimum absolute atomic E-state index is 0.0220. The van der Waals surface area contributed by atoms with Crippen LogP contribution in [0.1, 0.15) is 32.0 Å². The second-order valence-corrected chi connectivity index (χ2v) is 7.21. The van der Waals surface area contributed by atoms with Crippen molar-refractivity contribution in [3.05, 3.63) is 53.7 Å². The van der Waals surface area contributed by atoms with Gasteiger partial charge in [-0.25, -0.2) is 4.98 Å². The summed E-state index contributed by atoms with van der Waals surface area (Å²) in [5, 5.41) is 11.1. The number of benzene rings is 1. The molecule has 0 radical (unpaired) electrons. The topological polar surface area (TPSA) is 80.9 Å². The zero-order valence-corrected chi connectivity index (χ0v) is 15.4. The number of hydrogen-bond acceptors (Lipinski definition) is 5. The number of aryl methyl sites for hydroxylation is 1. The van der Waals surface area contributed by atoms with Crippen LogP contribution in [0.2, 0.25) is 0 Å². The van der Waals surface area contributed by atoms with E-state index in [1.54, 1.807) is 0 Å². The van der Waals surface area contributed by atoms with E-state index in [9.17, 15) is 4.79 Å². The molecular weight excluding hydrogens is 328 g/mol. The van der Waals surface area contributed by atoms with Crippen LogP contribution in [-0.2, 0) is 11.3 Å². The fourth-order valence-electron chi connectivity index (χ4n) is 2.32. The predicted octanol–water partition coefficient (Wildman–Crippen LogP) is 3.77. The third-order valence-corrected chi connectivity index (χ3v) is 3.87. The van der Waals surface area contributed by atoms with Gasteiger partial charge >= 0.3 is 0 Å². The minimum Gasteiger partial charge on any atom is -0.415 e. The highest BCUT2D eigenvalue weighted by atomic mass is 16.4. The number of rotatable bonds is 4. The molecule has 6 nitrogen and oxygen atoms in total. The average molecular weight is 350 g/mol. The smallest absolute Gasteiger partial charge is 0.266 e. The van der Waals surface area contributed by atoms with Gasteiger partial charge in [-0.3, -0.25) is 4.79 Å². The molecule has 2 aromatic heterocycles. The summed E-state index contributed by atoms with van der Waals surface area (Å²) in [6, 6.07) is 13.3. The van der Waals surface area contributed by atoms with Gasteiger partial charge in [0.15, 0.2) is 0 Å². The Bertz CT molecular complexity index is 908. The summed E-state index contributed by atoms with van der Waals surface area (Å²) in [6.07, 6.45) is 0. The van der Waals surface area contributed by atoms with Crippen molar-refractivity contribution in [1.29, 1.82) is 0 Å². The second kappa shape index (κ2) is 7.07. The monoisotopic (exact) mass is 350 g/mol. The number of aromatic nitrogens is 3. The first-order valence-corrected chi connectivity index (χ1v) is 8.48. The summed E-state index contributed by atoms with van der Waals surface area (Å²) in [5.41, 5.74) is 2.98. The van der Waals surface area contributed by atoms with Gasteiger partial charge in [0.2, 0.25) is 11.8 Å². The second-order valence-electron chi connectivity index (χ2n) is 7.21. The van der Waals surface area contributed by atoms with E-state index >= 15 is 0 Å². The Labute approximate surface area is 152 Å². The SMILES string of the molecule is Cc1cccc(-c2nnc(-c3ccc(CNC(=O)C(C)(C)C)cc3)o2)n1. The molecule has 3 aromatic rings. The van der Waals surface area contributed by atoms with Gasteiger partial charge in [0.1, 0.15) is 5.69 Å². The van der Waals surface area contributed by atoms with E-state index < -0.39 is 5.41 Å². The summed E-state index contributed by atoms with van der Waals surface area (Å²) in [4.78, 5) is 16.3. The van der Waals surface area contributed by atoms with Crippen LogP contribution in [0.3, 0.4) is 0 Å². The van der Waals surface area contributed by atoms with Gasteiger partial charge in [-0.1, -0.05) is 39.0 Å². The van der Waals surface area contributed by atoms with E-state index in [1.165, 1.54) is 0 Å². The Balaban J connectivity index is 1.70. The lowest BCUT2D eigenvalue weighted by Crippen LogP contribution is -2.34. The molecule has 1 amide bonds. The van der Waals surface area contributed by atoms with Crippen molar-refractivity contribution in [2.24, 2.45) is 5.41 Å². The summed E-state index contributed by atoms with van der Waals surface area (Å²) in [7, 11) is 0. The maximum atomic E-state index is 11.9. The largest absolute Gasteiger partial charge is 0.415 e. The first-order valence-electron chi connectivity index (χ1n) is 8.48. The lowest BCUT2D eigenvalue weighted by molar-refractivity contribution is -0.128. The molecule has 0 fully saturated rings. The Morgan fingerprint density at radius 3 is 2.38 bits per heavy atom. The highest BCUT2D eigenvalue weighted by Crippen LogP contribution is 2.23. The minimum atomic E-state index is -0.399. The Hall–Kier alpha value is -3.02. The Morgan fingerprint density at radius 1 is 1.04 bits per heavy atom. The number of nitrogens with zero attached hydrogens (tertiary/aromatic N) is 3. The number of amides is 1. The molecule has 6 heteroatoms. The quantitative estimate of drug-likeness (QED) is 0.774. The van der Waals surface area contributed by atoms with Gasteiger partial charge < -0.3 is 9.73 Å². The van der Waals surface area contributed by atoms with Crippen molar-refractivity contribution < 1.29 is 9.21 Å². The molecule has 0 bridgehead atoms. The average Bonchev–Trinajstić information content (AvgIpc) is 3.09. The highest BCUT2D eigenvalue weighted by molar-refractivity contribution is 5.81. The first-order chi connectivity index (χ1) is 12.3. The van der Waals surface area contributed by atoms with Crippen LogP contribution in [0.5, 0.6) is 0 Å². The maximum Gasteiger partial charge on any atom is 0.266 e. The number of pyridine rings is 1. The van der Waals surface area contributed by atoms with E-state index in [0.717, 1.165) is 16.8 Å². The van der Waals surface area contributed by atoms with E-state index in [0.29, 0.717) is 24.0 Å². The summed E-state index contributed by atoms with van der Waals surface area (Å²) >= 11 is 0. The number of carbonyl (C=O) groups is 1. The van der Waals surface area contributed by atoms with E-state index in [-0.39, 0.29) is 5.91 Å². The Morgan fingerprint density at radius 2 is 1.73 bits per heavy atom. The molecule has 0 atom stereocenters. The van der Waals surface area contributed by atoms with Crippen LogP contribution in [0.25, 0.3) is 23.0 Å². The lowest BCUT2D eigenvalue weighted by Gasteiger charge is -2.17. The summed E-state index contributed by atoms with van der Waals surface area (Å²) in [6.45, 7) is 8.07. The van der Waals surface area contributed by atoms with E-state index in [1.807, 2.05) is 70.2 Å². The lowest BCUT2D eigenvalue weighted by atomic mass is 9.95. The molecule has 0 aliphatic carbocycles. The van der Waals surface area contributed by atoms with Gasteiger partial charge in [0.25, 0.3) is 5.89 Å². The molecule has 0 spiro atoms. The molecule has 0 saturated carbocycles. The normalized spacial score (nSPS) is 11.4. The van der Waals surface area contributed by atoms with Crippen LogP contribution >= 0.6 is 0 Å². The fraction of sp³-hybridized carbons (Fsp3) is 0.300. The molecule has 0 aliphatic heterocycles. The molecule has 3 rings (SSSR count). The molecular formula is C20H22N4O2. The third kappa shape index (κ3) is 4.14. The van der Waals surface area contributed by atoms with Crippen molar-refractivity contribution in [2.45, 2.75) is 34.2 Å². The molecule has 134 valence electrons. The third-order valence-electron chi connectivity index (χ3n) is 3.87. The van der Waals surface area contributed by atoms with Crippen molar-refractivity contribution in [2.75, 3.05) is 0 Å². The van der Waals surface area contributed by atoms with Crippen molar-refractivity contribution in [3.63, 3.8) is 0 Å². The molecule has 1 aromatic carbocycles. The molecule has 26 heavy (non-hydrogen) atoms. The van der Waals surface area contributed by atoms with Crippen molar-refractivity contribution in [3.8, 4) is 23.0 Å². The maximum absolute atomic E-state index is 11.9. The summed E-state index contributed by atoms with van der Waals surface area (Å²) in [5.74, 6) is 0.854. The summed E-state index contributed by atoms with van der Waals surface area (Å²) < 4.78 is 5.74. The molecule has 2 heterocycles. The number of nitrogens with one attached hydrogen (secondary N) is 1. The fourth-order valence-corrected chi connectivity index (χ4v) is 2.32. The molecule has 0 saturated heterocycles. The highest BCUT2D eigenvalue weighted by Gasteiger charge is 2.20. The van der Waals surface area contributed by atoms with Crippen LogP contribution < -0.4 is 5.32 Å². The predicted molar refractivity (Wildman–Crippen MR) is 99.0 cm³/mol. The Kier molecular flexibility index (Phi) is 4.84. The standard InChI is InChI=1S/C20H22N4O2/c1-13-6-5-7-16(22-13)18-24-23-17(26-18)15-10-8-14(9-11-15)12-21-19(25)20(2,3)4/h5-11H,12H2,1-4H3,(H,21,25). The van der Waals surface area contributed by atoms with Gasteiger partial charge in [-0.05, 0) is 36.8 Å². The van der Waals surface area contributed by atoms with Crippen molar-refractivity contribution >= 4 is 5.91 Å². The van der Waals surface area contributed by atoms with Gasteiger partial charge in [0, 0.05) is 23.2 Å². The molecule has 0 unspecified atom stereocenters. The van der Waals surface area contributed by atoms with Crippen LogP contribution in [0.4, 0.5) is 0 Å². The van der Waals surface area contributed by atoms with E-state index in [2.05, 4.69) is 20.5 Å². The number of carbonyl (C=O) groups excluding carboxylic acids is 1. The van der Waals surface area contributed by atoms with Crippen LogP contribution in [0.15, 0.2) is 46.9 Å². The number of hydrogen-bond donors (Lipinski definition) is 1. The molecule has 0 aliphatic rings. The molecule has 1 N–H and O–H groups in total. The van der Waals surface area contributed by atoms with E-state index in [4.69, 9.17) is 4.42 Å². The van der Waals surface area contributed by atoms with Crippen molar-refractivity contribution in [1.82, 2.24) is 20.5 Å². The zero-order chi connectivity index (χ0) is 18.7. The zero-order valence-electron chi connectivity index (χ0n) is 15.4. The van der Waals surface area contributed by atoms with Gasteiger partial charge in [-0.2, -0.15) is 0 Å². The van der Waals surface area contributed by atoms with Crippen LogP contribution in [0, 0.1) is 12.3 Å². The van der Waals surface area contributed by atoms with Gasteiger partial charge in [0.05, 0.1) is 0 Å².